The van der Waals surface area contributed by atoms with Gasteiger partial charge in [0.15, 0.2) is 0 Å². The smallest absolute Gasteiger partial charge is 0.275 e. The first-order valence-electron chi connectivity index (χ1n) is 3.92. The van der Waals surface area contributed by atoms with E-state index in [1.165, 1.54) is 12.1 Å². The van der Waals surface area contributed by atoms with E-state index >= 15 is 0 Å². The number of nitro benzene ring substituents is 1. The van der Waals surface area contributed by atoms with Gasteiger partial charge in [0.2, 0.25) is 6.54 Å². The summed E-state index contributed by atoms with van der Waals surface area (Å²) in [5.41, 5.74) is -0.248. The summed E-state index contributed by atoms with van der Waals surface area (Å²) in [5, 5.41) is 10.5. The molecule has 0 atom stereocenters. The molecule has 0 amide bonds. The zero-order valence-corrected chi connectivity index (χ0v) is 7.24. The average Bonchev–Trinajstić information content (AvgIpc) is 2.15. The van der Waals surface area contributed by atoms with Gasteiger partial charge in [0.25, 0.3) is 5.69 Å². The highest BCUT2D eigenvalue weighted by molar-refractivity contribution is 5.41. The standard InChI is InChI=1S/C9H7FN2O2/c1-11-6-5-7-8(10)3-2-4-9(7)12(13)14/h2-4H,5-6H2. The lowest BCUT2D eigenvalue weighted by Gasteiger charge is -1.99. The van der Waals surface area contributed by atoms with Crippen LogP contribution in [0.3, 0.4) is 0 Å². The van der Waals surface area contributed by atoms with Gasteiger partial charge >= 0.3 is 0 Å². The minimum absolute atomic E-state index is 0.00787. The Hall–Kier alpha value is -1.96. The number of rotatable bonds is 3. The van der Waals surface area contributed by atoms with Crippen molar-refractivity contribution in [2.75, 3.05) is 6.54 Å². The first kappa shape index (κ1) is 10.1. The maximum absolute atomic E-state index is 13.1. The molecule has 1 aromatic carbocycles. The molecule has 0 bridgehead atoms. The second kappa shape index (κ2) is 4.33. The normalized spacial score (nSPS) is 9.43. The minimum atomic E-state index is -0.637. The molecule has 0 spiro atoms. The monoisotopic (exact) mass is 194 g/mol. The van der Waals surface area contributed by atoms with Crippen molar-refractivity contribution < 1.29 is 9.31 Å². The number of hydrogen-bond acceptors (Lipinski definition) is 2. The number of nitrogens with zero attached hydrogens (tertiary/aromatic N) is 2. The van der Waals surface area contributed by atoms with Crippen LogP contribution in [0.4, 0.5) is 10.1 Å². The minimum Gasteiger partial charge on any atom is -0.317 e. The number of hydrogen-bond donors (Lipinski definition) is 0. The van der Waals surface area contributed by atoms with E-state index in [4.69, 9.17) is 6.57 Å². The van der Waals surface area contributed by atoms with E-state index in [9.17, 15) is 14.5 Å². The van der Waals surface area contributed by atoms with Crippen LogP contribution in [0.1, 0.15) is 5.56 Å². The predicted octanol–water partition coefficient (Wildman–Crippen LogP) is 2.20. The Morgan fingerprint density at radius 3 is 2.86 bits per heavy atom. The average molecular weight is 194 g/mol. The Bertz CT molecular complexity index is 398. The van der Waals surface area contributed by atoms with Crippen molar-refractivity contribution in [3.63, 3.8) is 0 Å². The first-order valence-corrected chi connectivity index (χ1v) is 3.92. The Kier molecular flexibility index (Phi) is 3.13. The van der Waals surface area contributed by atoms with Crippen molar-refractivity contribution in [1.82, 2.24) is 0 Å². The van der Waals surface area contributed by atoms with Gasteiger partial charge in [-0.2, -0.15) is 0 Å². The summed E-state index contributed by atoms with van der Waals surface area (Å²) < 4.78 is 13.1. The summed E-state index contributed by atoms with van der Waals surface area (Å²) >= 11 is 0. The van der Waals surface area contributed by atoms with Crippen LogP contribution in [0.25, 0.3) is 4.85 Å². The molecule has 0 aliphatic heterocycles. The fourth-order valence-electron chi connectivity index (χ4n) is 1.13. The van der Waals surface area contributed by atoms with E-state index < -0.39 is 10.7 Å². The van der Waals surface area contributed by atoms with Crippen molar-refractivity contribution in [2.24, 2.45) is 0 Å². The van der Waals surface area contributed by atoms with Crippen LogP contribution in [0.5, 0.6) is 0 Å². The van der Waals surface area contributed by atoms with Gasteiger partial charge in [-0.05, 0) is 6.07 Å². The molecule has 0 aliphatic carbocycles. The Morgan fingerprint density at radius 2 is 2.29 bits per heavy atom. The van der Waals surface area contributed by atoms with Gasteiger partial charge in [-0.25, -0.2) is 11.0 Å². The van der Waals surface area contributed by atoms with Gasteiger partial charge in [-0.1, -0.05) is 6.07 Å². The molecular weight excluding hydrogens is 187 g/mol. The molecule has 0 saturated carbocycles. The summed E-state index contributed by atoms with van der Waals surface area (Å²) in [6, 6.07) is 3.68. The molecule has 1 aromatic rings. The SMILES string of the molecule is [C-]#[N+]CCc1c(F)cccc1[N+](=O)[O-]. The fraction of sp³-hybridized carbons (Fsp3) is 0.222. The van der Waals surface area contributed by atoms with E-state index in [1.807, 2.05) is 0 Å². The van der Waals surface area contributed by atoms with Gasteiger partial charge in [0.05, 0.1) is 16.9 Å². The van der Waals surface area contributed by atoms with E-state index in [2.05, 4.69) is 4.85 Å². The molecular formula is C9H7FN2O2. The zero-order valence-electron chi connectivity index (χ0n) is 7.24. The Morgan fingerprint density at radius 1 is 1.57 bits per heavy atom. The lowest BCUT2D eigenvalue weighted by atomic mass is 10.1. The van der Waals surface area contributed by atoms with E-state index in [0.717, 1.165) is 6.07 Å². The molecule has 14 heavy (non-hydrogen) atoms. The molecule has 0 radical (unpaired) electrons. The van der Waals surface area contributed by atoms with Crippen LogP contribution in [-0.2, 0) is 6.42 Å². The molecule has 4 nitrogen and oxygen atoms in total. The van der Waals surface area contributed by atoms with Crippen LogP contribution >= 0.6 is 0 Å². The van der Waals surface area contributed by atoms with Crippen LogP contribution in [0.15, 0.2) is 18.2 Å². The van der Waals surface area contributed by atoms with Crippen LogP contribution in [0.2, 0.25) is 0 Å². The van der Waals surface area contributed by atoms with E-state index in [1.54, 1.807) is 0 Å². The molecule has 0 saturated heterocycles. The largest absolute Gasteiger partial charge is 0.317 e. The molecule has 0 aliphatic rings. The zero-order chi connectivity index (χ0) is 10.6. The van der Waals surface area contributed by atoms with Gasteiger partial charge in [-0.3, -0.25) is 10.1 Å². The summed E-state index contributed by atoms with van der Waals surface area (Å²) in [5.74, 6) is -0.622. The summed E-state index contributed by atoms with van der Waals surface area (Å²) in [7, 11) is 0. The van der Waals surface area contributed by atoms with Crippen molar-refractivity contribution in [1.29, 1.82) is 0 Å². The molecule has 72 valence electrons. The fourth-order valence-corrected chi connectivity index (χ4v) is 1.13. The lowest BCUT2D eigenvalue weighted by Crippen LogP contribution is -2.00. The molecule has 1 rings (SSSR count). The van der Waals surface area contributed by atoms with Gasteiger partial charge in [0.1, 0.15) is 5.82 Å². The Balaban J connectivity index is 3.10. The van der Waals surface area contributed by atoms with Crippen LogP contribution in [0, 0.1) is 22.5 Å². The summed E-state index contributed by atoms with van der Waals surface area (Å²) in [6.07, 6.45) is 0.0759. The Labute approximate surface area is 79.9 Å². The van der Waals surface area contributed by atoms with Crippen LogP contribution in [-0.4, -0.2) is 11.5 Å². The van der Waals surface area contributed by atoms with Gasteiger partial charge in [-0.15, -0.1) is 0 Å². The maximum atomic E-state index is 13.1. The highest BCUT2D eigenvalue weighted by Gasteiger charge is 2.17. The lowest BCUT2D eigenvalue weighted by molar-refractivity contribution is -0.385. The third-order valence-corrected chi connectivity index (χ3v) is 1.76. The van der Waals surface area contributed by atoms with Crippen molar-refractivity contribution in [3.05, 3.63) is 51.1 Å². The predicted molar refractivity (Wildman–Crippen MR) is 48.2 cm³/mol. The molecule has 0 fully saturated rings. The summed E-state index contributed by atoms with van der Waals surface area (Å²) in [6.45, 7) is 6.59. The molecule has 0 N–H and O–H groups in total. The third-order valence-electron chi connectivity index (χ3n) is 1.76. The third kappa shape index (κ3) is 2.04. The highest BCUT2D eigenvalue weighted by atomic mass is 19.1. The highest BCUT2D eigenvalue weighted by Crippen LogP contribution is 2.21. The van der Waals surface area contributed by atoms with Crippen molar-refractivity contribution in [3.8, 4) is 0 Å². The second-order valence-corrected chi connectivity index (χ2v) is 2.63. The van der Waals surface area contributed by atoms with Crippen LogP contribution < -0.4 is 0 Å². The second-order valence-electron chi connectivity index (χ2n) is 2.63. The number of benzene rings is 1. The molecule has 5 heteroatoms. The number of nitro groups is 1. The summed E-state index contributed by atoms with van der Waals surface area (Å²) in [4.78, 5) is 12.9. The molecule has 0 unspecified atom stereocenters. The first-order chi connectivity index (χ1) is 6.66. The van der Waals surface area contributed by atoms with Crippen molar-refractivity contribution in [2.45, 2.75) is 6.42 Å². The van der Waals surface area contributed by atoms with Gasteiger partial charge in [0, 0.05) is 6.07 Å². The molecule has 0 heterocycles. The van der Waals surface area contributed by atoms with E-state index in [-0.39, 0.29) is 24.2 Å². The van der Waals surface area contributed by atoms with E-state index in [0.29, 0.717) is 0 Å². The molecule has 0 aromatic heterocycles. The maximum Gasteiger partial charge on any atom is 0.275 e. The van der Waals surface area contributed by atoms with Crippen molar-refractivity contribution >= 4 is 5.69 Å². The van der Waals surface area contributed by atoms with Gasteiger partial charge < -0.3 is 4.85 Å². The quantitative estimate of drug-likeness (QED) is 0.420. The number of halogens is 1. The topological polar surface area (TPSA) is 47.5 Å².